The lowest BCUT2D eigenvalue weighted by Crippen LogP contribution is -2.10. The molecule has 0 amide bonds. The minimum Gasteiger partial charge on any atom is -0.481 e. The zero-order chi connectivity index (χ0) is 13.6. The zero-order valence-electron chi connectivity index (χ0n) is 10.4. The van der Waals surface area contributed by atoms with Gasteiger partial charge in [-0.2, -0.15) is 0 Å². The summed E-state index contributed by atoms with van der Waals surface area (Å²) in [6, 6.07) is 3.42. The van der Waals surface area contributed by atoms with Gasteiger partial charge in [-0.25, -0.2) is 0 Å². The van der Waals surface area contributed by atoms with Gasteiger partial charge in [0.1, 0.15) is 6.26 Å². The number of hydrogen-bond acceptors (Lipinski definition) is 3. The highest BCUT2D eigenvalue weighted by atomic mass is 16.4. The first kappa shape index (κ1) is 11.8. The van der Waals surface area contributed by atoms with Crippen LogP contribution in [0.1, 0.15) is 39.6 Å². The van der Waals surface area contributed by atoms with Gasteiger partial charge >= 0.3 is 5.97 Å². The Morgan fingerprint density at radius 3 is 2.89 bits per heavy atom. The molecule has 2 aromatic heterocycles. The number of carbonyl (C=O) groups is 2. The molecular formula is C14H13NO4. The number of furan rings is 1. The molecule has 2 aromatic rings. The van der Waals surface area contributed by atoms with Crippen molar-refractivity contribution in [2.45, 2.75) is 25.8 Å². The van der Waals surface area contributed by atoms with Crippen molar-refractivity contribution in [3.05, 3.63) is 47.2 Å². The number of rotatable bonds is 3. The fraction of sp³-hybridized carbons (Fsp3) is 0.286. The third-order valence-electron chi connectivity index (χ3n) is 3.61. The average molecular weight is 259 g/mol. The lowest BCUT2D eigenvalue weighted by Gasteiger charge is -2.05. The van der Waals surface area contributed by atoms with Crippen LogP contribution >= 0.6 is 0 Å². The van der Waals surface area contributed by atoms with Gasteiger partial charge in [0.2, 0.25) is 5.78 Å². The van der Waals surface area contributed by atoms with Crippen LogP contribution < -0.4 is 0 Å². The summed E-state index contributed by atoms with van der Waals surface area (Å²) in [5.74, 6) is -1.47. The topological polar surface area (TPSA) is 72.4 Å². The maximum Gasteiger partial charge on any atom is 0.312 e. The van der Waals surface area contributed by atoms with Gasteiger partial charge in [-0.15, -0.1) is 0 Å². The smallest absolute Gasteiger partial charge is 0.312 e. The summed E-state index contributed by atoms with van der Waals surface area (Å²) in [6.07, 6.45) is 3.40. The molecule has 0 aliphatic carbocycles. The number of carbonyl (C=O) groups excluding carboxylic acids is 1. The van der Waals surface area contributed by atoms with Crippen molar-refractivity contribution in [1.29, 1.82) is 0 Å². The standard InChI is InChI=1S/C14H13NO4/c1-8-6-11-10(14(17)18)2-4-15(11)12(8)13(16)9-3-5-19-7-9/h3,5-7,10H,2,4H2,1H3,(H,17,18). The molecular weight excluding hydrogens is 246 g/mol. The summed E-state index contributed by atoms with van der Waals surface area (Å²) in [4.78, 5) is 23.6. The second-order valence-electron chi connectivity index (χ2n) is 4.77. The number of aromatic nitrogens is 1. The maximum absolute atomic E-state index is 12.4. The van der Waals surface area contributed by atoms with E-state index in [1.54, 1.807) is 12.1 Å². The van der Waals surface area contributed by atoms with E-state index in [0.717, 1.165) is 11.3 Å². The van der Waals surface area contributed by atoms with E-state index in [-0.39, 0.29) is 5.78 Å². The molecule has 3 heterocycles. The molecule has 19 heavy (non-hydrogen) atoms. The van der Waals surface area contributed by atoms with E-state index in [1.165, 1.54) is 12.5 Å². The van der Waals surface area contributed by atoms with Crippen LogP contribution in [-0.2, 0) is 11.3 Å². The molecule has 1 unspecified atom stereocenters. The first-order chi connectivity index (χ1) is 9.09. The largest absolute Gasteiger partial charge is 0.481 e. The summed E-state index contributed by atoms with van der Waals surface area (Å²) in [6.45, 7) is 2.40. The molecule has 3 rings (SSSR count). The third kappa shape index (κ3) is 1.69. The highest BCUT2D eigenvalue weighted by molar-refractivity contribution is 6.09. The number of ketones is 1. The quantitative estimate of drug-likeness (QED) is 0.857. The van der Waals surface area contributed by atoms with E-state index >= 15 is 0 Å². The molecule has 1 atom stereocenters. The molecule has 98 valence electrons. The fourth-order valence-electron chi connectivity index (χ4n) is 2.73. The van der Waals surface area contributed by atoms with Crippen molar-refractivity contribution in [3.63, 3.8) is 0 Å². The number of carboxylic acid groups (broad SMARTS) is 1. The Labute approximate surface area is 109 Å². The number of carboxylic acids is 1. The molecule has 0 saturated heterocycles. The Kier molecular flexibility index (Phi) is 2.55. The molecule has 0 bridgehead atoms. The van der Waals surface area contributed by atoms with Gasteiger partial charge in [-0.1, -0.05) is 0 Å². The molecule has 1 N–H and O–H groups in total. The number of aliphatic carboxylic acids is 1. The van der Waals surface area contributed by atoms with E-state index in [2.05, 4.69) is 0 Å². The number of nitrogens with zero attached hydrogens (tertiary/aromatic N) is 1. The van der Waals surface area contributed by atoms with Crippen molar-refractivity contribution >= 4 is 11.8 Å². The van der Waals surface area contributed by atoms with Crippen molar-refractivity contribution in [1.82, 2.24) is 4.57 Å². The Bertz CT molecular complexity index is 651. The Morgan fingerprint density at radius 1 is 1.47 bits per heavy atom. The summed E-state index contributed by atoms with van der Waals surface area (Å²) < 4.78 is 6.75. The number of aryl methyl sites for hydroxylation is 1. The molecule has 1 aliphatic heterocycles. The van der Waals surface area contributed by atoms with Crippen LogP contribution in [0.5, 0.6) is 0 Å². The van der Waals surface area contributed by atoms with Crippen molar-refractivity contribution in [2.75, 3.05) is 0 Å². The number of fused-ring (bicyclic) bond motifs is 1. The molecule has 0 fully saturated rings. The van der Waals surface area contributed by atoms with E-state index in [9.17, 15) is 9.59 Å². The summed E-state index contributed by atoms with van der Waals surface area (Å²) >= 11 is 0. The SMILES string of the molecule is Cc1cc2n(c1C(=O)c1ccoc1)CCC2C(=O)O. The van der Waals surface area contributed by atoms with Crippen molar-refractivity contribution in [3.8, 4) is 0 Å². The lowest BCUT2D eigenvalue weighted by molar-refractivity contribution is -0.138. The Hall–Kier alpha value is -2.30. The predicted octanol–water partition coefficient (Wildman–Crippen LogP) is 2.19. The summed E-state index contributed by atoms with van der Waals surface area (Å²) in [7, 11) is 0. The van der Waals surface area contributed by atoms with E-state index in [0.29, 0.717) is 24.2 Å². The minimum atomic E-state index is -0.835. The molecule has 0 saturated carbocycles. The molecule has 0 radical (unpaired) electrons. The predicted molar refractivity (Wildman–Crippen MR) is 66.3 cm³/mol. The van der Waals surface area contributed by atoms with Gasteiger partial charge in [0.05, 0.1) is 23.4 Å². The van der Waals surface area contributed by atoms with Crippen LogP contribution in [0.2, 0.25) is 0 Å². The molecule has 0 aromatic carbocycles. The van der Waals surface area contributed by atoms with Gasteiger partial charge in [-0.05, 0) is 31.0 Å². The zero-order valence-corrected chi connectivity index (χ0v) is 10.4. The van der Waals surface area contributed by atoms with Gasteiger partial charge in [0, 0.05) is 12.2 Å². The van der Waals surface area contributed by atoms with Crippen LogP contribution in [-0.4, -0.2) is 21.4 Å². The highest BCUT2D eigenvalue weighted by Crippen LogP contribution is 2.33. The van der Waals surface area contributed by atoms with Crippen molar-refractivity contribution in [2.24, 2.45) is 0 Å². The molecule has 1 aliphatic rings. The third-order valence-corrected chi connectivity index (χ3v) is 3.61. The van der Waals surface area contributed by atoms with Gasteiger partial charge in [-0.3, -0.25) is 9.59 Å². The van der Waals surface area contributed by atoms with Crippen LogP contribution in [0.4, 0.5) is 0 Å². The minimum absolute atomic E-state index is 0.122. The first-order valence-electron chi connectivity index (χ1n) is 6.09. The normalized spacial score (nSPS) is 17.4. The van der Waals surface area contributed by atoms with E-state index < -0.39 is 11.9 Å². The lowest BCUT2D eigenvalue weighted by atomic mass is 10.0. The first-order valence-corrected chi connectivity index (χ1v) is 6.09. The summed E-state index contributed by atoms with van der Waals surface area (Å²) in [5, 5.41) is 9.17. The fourth-order valence-corrected chi connectivity index (χ4v) is 2.73. The van der Waals surface area contributed by atoms with E-state index in [4.69, 9.17) is 9.52 Å². The van der Waals surface area contributed by atoms with Crippen LogP contribution in [0, 0.1) is 6.92 Å². The van der Waals surface area contributed by atoms with Crippen LogP contribution in [0.25, 0.3) is 0 Å². The summed E-state index contributed by atoms with van der Waals surface area (Å²) in [5.41, 5.74) is 2.59. The average Bonchev–Trinajstić information content (AvgIpc) is 3.01. The monoisotopic (exact) mass is 259 g/mol. The van der Waals surface area contributed by atoms with Gasteiger partial charge in [0.25, 0.3) is 0 Å². The van der Waals surface area contributed by atoms with Crippen LogP contribution in [0.3, 0.4) is 0 Å². The second-order valence-corrected chi connectivity index (χ2v) is 4.77. The second kappa shape index (κ2) is 4.12. The van der Waals surface area contributed by atoms with Gasteiger partial charge < -0.3 is 14.1 Å². The van der Waals surface area contributed by atoms with Gasteiger partial charge in [0.15, 0.2) is 0 Å². The maximum atomic E-state index is 12.4. The molecule has 5 nitrogen and oxygen atoms in total. The molecule has 5 heteroatoms. The van der Waals surface area contributed by atoms with Crippen LogP contribution in [0.15, 0.2) is 29.1 Å². The Balaban J connectivity index is 2.07. The van der Waals surface area contributed by atoms with E-state index in [1.807, 2.05) is 11.5 Å². The Morgan fingerprint density at radius 2 is 2.26 bits per heavy atom. The van der Waals surface area contributed by atoms with Crippen molar-refractivity contribution < 1.29 is 19.1 Å². The number of hydrogen-bond donors (Lipinski definition) is 1. The highest BCUT2D eigenvalue weighted by Gasteiger charge is 2.33. The molecule has 0 spiro atoms.